The molecule has 0 aliphatic carbocycles. The molecule has 0 saturated carbocycles. The molecule has 1 saturated heterocycles. The van der Waals surface area contributed by atoms with Crippen LogP contribution >= 0.6 is 0 Å². The molecular formula is C22H28N4O2. The van der Waals surface area contributed by atoms with Gasteiger partial charge in [-0.1, -0.05) is 36.4 Å². The third kappa shape index (κ3) is 5.57. The second-order valence-electron chi connectivity index (χ2n) is 7.04. The second kappa shape index (κ2) is 9.90. The van der Waals surface area contributed by atoms with Crippen LogP contribution in [-0.2, 0) is 9.59 Å². The van der Waals surface area contributed by atoms with Gasteiger partial charge < -0.3 is 15.5 Å². The minimum Gasteiger partial charge on any atom is -0.369 e. The molecule has 6 nitrogen and oxygen atoms in total. The van der Waals surface area contributed by atoms with E-state index in [0.717, 1.165) is 44.7 Å². The molecule has 2 aromatic rings. The predicted octanol–water partition coefficient (Wildman–Crippen LogP) is 2.26. The summed E-state index contributed by atoms with van der Waals surface area (Å²) >= 11 is 0. The Morgan fingerprint density at radius 1 is 0.893 bits per heavy atom. The average molecular weight is 380 g/mol. The summed E-state index contributed by atoms with van der Waals surface area (Å²) in [5.74, 6) is -1.21. The maximum Gasteiger partial charge on any atom is 0.313 e. The predicted molar refractivity (Wildman–Crippen MR) is 113 cm³/mol. The number of hydrogen-bond acceptors (Lipinski definition) is 4. The summed E-state index contributed by atoms with van der Waals surface area (Å²) in [5, 5.41) is 5.36. The van der Waals surface area contributed by atoms with Crippen LogP contribution in [0.2, 0.25) is 0 Å². The number of piperazine rings is 1. The van der Waals surface area contributed by atoms with E-state index < -0.39 is 11.8 Å². The van der Waals surface area contributed by atoms with Crippen molar-refractivity contribution >= 4 is 23.2 Å². The van der Waals surface area contributed by atoms with E-state index in [1.54, 1.807) is 6.07 Å². The van der Waals surface area contributed by atoms with Crippen molar-refractivity contribution in [3.8, 4) is 0 Å². The largest absolute Gasteiger partial charge is 0.369 e. The van der Waals surface area contributed by atoms with Crippen molar-refractivity contribution < 1.29 is 9.59 Å². The quantitative estimate of drug-likeness (QED) is 0.596. The lowest BCUT2D eigenvalue weighted by molar-refractivity contribution is -0.136. The molecule has 2 amide bonds. The molecule has 1 heterocycles. The Morgan fingerprint density at radius 3 is 2.29 bits per heavy atom. The van der Waals surface area contributed by atoms with Crippen LogP contribution in [0, 0.1) is 6.92 Å². The van der Waals surface area contributed by atoms with Gasteiger partial charge >= 0.3 is 11.8 Å². The smallest absolute Gasteiger partial charge is 0.313 e. The van der Waals surface area contributed by atoms with E-state index in [0.29, 0.717) is 12.2 Å². The zero-order chi connectivity index (χ0) is 19.8. The number of carbonyl (C=O) groups is 2. The highest BCUT2D eigenvalue weighted by atomic mass is 16.2. The third-order valence-corrected chi connectivity index (χ3v) is 5.03. The van der Waals surface area contributed by atoms with Crippen LogP contribution in [0.25, 0.3) is 0 Å². The maximum absolute atomic E-state index is 12.0. The lowest BCUT2D eigenvalue weighted by Crippen LogP contribution is -2.47. The summed E-state index contributed by atoms with van der Waals surface area (Å²) < 4.78 is 0. The van der Waals surface area contributed by atoms with Crippen molar-refractivity contribution in [2.24, 2.45) is 0 Å². The number of aryl methyl sites for hydroxylation is 1. The van der Waals surface area contributed by atoms with E-state index in [1.165, 1.54) is 5.69 Å². The fourth-order valence-corrected chi connectivity index (χ4v) is 3.35. The summed E-state index contributed by atoms with van der Waals surface area (Å²) in [6.45, 7) is 7.35. The molecule has 0 bridgehead atoms. The van der Waals surface area contributed by atoms with Crippen LogP contribution in [0.15, 0.2) is 54.6 Å². The molecule has 0 aromatic heterocycles. The molecule has 0 radical (unpaired) electrons. The van der Waals surface area contributed by atoms with E-state index in [-0.39, 0.29) is 0 Å². The first-order valence-corrected chi connectivity index (χ1v) is 9.80. The number of hydrogen-bond donors (Lipinski definition) is 2. The molecule has 148 valence electrons. The number of amides is 2. The fraction of sp³-hybridized carbons (Fsp3) is 0.364. The zero-order valence-electron chi connectivity index (χ0n) is 16.4. The van der Waals surface area contributed by atoms with Gasteiger partial charge in [-0.15, -0.1) is 0 Å². The van der Waals surface area contributed by atoms with Crippen LogP contribution in [-0.4, -0.2) is 56.0 Å². The summed E-state index contributed by atoms with van der Waals surface area (Å²) in [7, 11) is 0. The van der Waals surface area contributed by atoms with Gasteiger partial charge in [0, 0.05) is 44.1 Å². The lowest BCUT2D eigenvalue weighted by Gasteiger charge is -2.36. The van der Waals surface area contributed by atoms with Crippen molar-refractivity contribution in [3.05, 3.63) is 60.2 Å². The van der Waals surface area contributed by atoms with Crippen LogP contribution < -0.4 is 15.5 Å². The Hall–Kier alpha value is -2.86. The standard InChI is InChI=1S/C22H28N4O2/c1-18-8-5-6-11-20(18)24-22(28)21(27)23-12-7-13-25-14-16-26(17-15-25)19-9-3-2-4-10-19/h2-6,8-11H,7,12-17H2,1H3,(H,23,27)(H,24,28). The van der Waals surface area contributed by atoms with Crippen molar-refractivity contribution in [2.45, 2.75) is 13.3 Å². The Kier molecular flexibility index (Phi) is 7.03. The van der Waals surface area contributed by atoms with Gasteiger partial charge in [-0.25, -0.2) is 0 Å². The lowest BCUT2D eigenvalue weighted by atomic mass is 10.2. The molecule has 28 heavy (non-hydrogen) atoms. The molecule has 2 N–H and O–H groups in total. The Labute approximate surface area is 166 Å². The van der Waals surface area contributed by atoms with Crippen LogP contribution in [0.1, 0.15) is 12.0 Å². The van der Waals surface area contributed by atoms with E-state index in [9.17, 15) is 9.59 Å². The number of rotatable bonds is 6. The van der Waals surface area contributed by atoms with Crippen molar-refractivity contribution in [2.75, 3.05) is 49.5 Å². The summed E-state index contributed by atoms with van der Waals surface area (Å²) in [6, 6.07) is 17.9. The topological polar surface area (TPSA) is 64.7 Å². The van der Waals surface area contributed by atoms with E-state index in [4.69, 9.17) is 0 Å². The second-order valence-corrected chi connectivity index (χ2v) is 7.04. The highest BCUT2D eigenvalue weighted by Crippen LogP contribution is 2.15. The molecule has 6 heteroatoms. The Bertz CT molecular complexity index is 786. The summed E-state index contributed by atoms with van der Waals surface area (Å²) in [6.07, 6.45) is 0.828. The molecule has 1 aliphatic heterocycles. The highest BCUT2D eigenvalue weighted by Gasteiger charge is 2.17. The molecule has 0 spiro atoms. The Morgan fingerprint density at radius 2 is 1.57 bits per heavy atom. The van der Waals surface area contributed by atoms with Crippen LogP contribution in [0.5, 0.6) is 0 Å². The SMILES string of the molecule is Cc1ccccc1NC(=O)C(=O)NCCCN1CCN(c2ccccc2)CC1. The van der Waals surface area contributed by atoms with Gasteiger partial charge in [-0.2, -0.15) is 0 Å². The zero-order valence-corrected chi connectivity index (χ0v) is 16.4. The number of benzene rings is 2. The van der Waals surface area contributed by atoms with E-state index in [2.05, 4.69) is 44.7 Å². The summed E-state index contributed by atoms with van der Waals surface area (Å²) in [5.41, 5.74) is 2.87. The van der Waals surface area contributed by atoms with Gasteiger partial charge in [0.25, 0.3) is 0 Å². The molecule has 0 atom stereocenters. The summed E-state index contributed by atoms with van der Waals surface area (Å²) in [4.78, 5) is 28.8. The molecule has 3 rings (SSSR count). The van der Waals surface area contributed by atoms with E-state index in [1.807, 2.05) is 31.2 Å². The number of anilines is 2. The molecule has 2 aromatic carbocycles. The normalized spacial score (nSPS) is 14.5. The van der Waals surface area contributed by atoms with Crippen molar-refractivity contribution in [1.82, 2.24) is 10.2 Å². The maximum atomic E-state index is 12.0. The fourth-order valence-electron chi connectivity index (χ4n) is 3.35. The highest BCUT2D eigenvalue weighted by molar-refractivity contribution is 6.39. The van der Waals surface area contributed by atoms with Gasteiger partial charge in [-0.05, 0) is 43.7 Å². The van der Waals surface area contributed by atoms with Gasteiger partial charge in [0.2, 0.25) is 0 Å². The average Bonchev–Trinajstić information content (AvgIpc) is 2.73. The van der Waals surface area contributed by atoms with Gasteiger partial charge in [0.15, 0.2) is 0 Å². The minimum absolute atomic E-state index is 0.499. The first-order chi connectivity index (χ1) is 13.6. The Balaban J connectivity index is 1.32. The molecule has 0 unspecified atom stereocenters. The molecule has 1 fully saturated rings. The number of carbonyl (C=O) groups excluding carboxylic acids is 2. The van der Waals surface area contributed by atoms with Gasteiger partial charge in [0.05, 0.1) is 0 Å². The van der Waals surface area contributed by atoms with Crippen LogP contribution in [0.3, 0.4) is 0 Å². The first-order valence-electron chi connectivity index (χ1n) is 9.80. The number of para-hydroxylation sites is 2. The van der Waals surface area contributed by atoms with Crippen molar-refractivity contribution in [1.29, 1.82) is 0 Å². The number of nitrogens with zero attached hydrogens (tertiary/aromatic N) is 2. The molecule has 1 aliphatic rings. The first kappa shape index (κ1) is 19.9. The minimum atomic E-state index is -0.620. The monoisotopic (exact) mass is 380 g/mol. The van der Waals surface area contributed by atoms with E-state index >= 15 is 0 Å². The van der Waals surface area contributed by atoms with Gasteiger partial charge in [0.1, 0.15) is 0 Å². The number of nitrogens with one attached hydrogen (secondary N) is 2. The third-order valence-electron chi connectivity index (χ3n) is 5.03. The van der Waals surface area contributed by atoms with Gasteiger partial charge in [-0.3, -0.25) is 14.5 Å². The van der Waals surface area contributed by atoms with Crippen LogP contribution in [0.4, 0.5) is 11.4 Å². The molecular weight excluding hydrogens is 352 g/mol. The van der Waals surface area contributed by atoms with Crippen molar-refractivity contribution in [3.63, 3.8) is 0 Å².